The van der Waals surface area contributed by atoms with Gasteiger partial charge in [0.05, 0.1) is 17.9 Å². The highest BCUT2D eigenvalue weighted by Crippen LogP contribution is 2.18. The Balaban J connectivity index is 1.60. The minimum absolute atomic E-state index is 0.0929. The molecule has 0 bridgehead atoms. The maximum Gasteiger partial charge on any atom is 0.342 e. The molecule has 1 aromatic carbocycles. The normalized spacial score (nSPS) is 14.8. The third-order valence-corrected chi connectivity index (χ3v) is 5.62. The fourth-order valence-electron chi connectivity index (χ4n) is 3.79. The van der Waals surface area contributed by atoms with E-state index in [1.807, 2.05) is 31.2 Å². The van der Waals surface area contributed by atoms with Gasteiger partial charge in [-0.15, -0.1) is 0 Å². The first kappa shape index (κ1) is 22.5. The molecule has 0 spiro atoms. The molecule has 1 fully saturated rings. The topological polar surface area (TPSA) is 102 Å². The number of aryl methyl sites for hydroxylation is 2. The van der Waals surface area contributed by atoms with E-state index in [0.717, 1.165) is 31.2 Å². The van der Waals surface area contributed by atoms with Gasteiger partial charge in [0.15, 0.2) is 6.10 Å². The number of rotatable bonds is 6. The van der Waals surface area contributed by atoms with Gasteiger partial charge in [-0.2, -0.15) is 5.10 Å². The number of urea groups is 1. The van der Waals surface area contributed by atoms with Gasteiger partial charge in [-0.3, -0.25) is 14.8 Å². The Morgan fingerprint density at radius 2 is 1.77 bits per heavy atom. The van der Waals surface area contributed by atoms with Gasteiger partial charge in [0.25, 0.3) is 5.91 Å². The summed E-state index contributed by atoms with van der Waals surface area (Å²) in [6.45, 7) is 7.52. The summed E-state index contributed by atoms with van der Waals surface area (Å²) in [5, 5.41) is 9.48. The Morgan fingerprint density at radius 1 is 1.13 bits per heavy atom. The van der Waals surface area contributed by atoms with Crippen molar-refractivity contribution in [3.63, 3.8) is 0 Å². The zero-order chi connectivity index (χ0) is 22.5. The number of esters is 1. The van der Waals surface area contributed by atoms with E-state index in [1.54, 1.807) is 18.5 Å². The lowest BCUT2D eigenvalue weighted by molar-refractivity contribution is -0.127. The molecule has 2 N–H and O–H groups in total. The quantitative estimate of drug-likeness (QED) is 0.691. The number of carbonyl (C=O) groups is 3. The van der Waals surface area contributed by atoms with Crippen LogP contribution in [0.25, 0.3) is 0 Å². The second kappa shape index (κ2) is 9.76. The van der Waals surface area contributed by atoms with Gasteiger partial charge in [-0.1, -0.05) is 42.7 Å². The lowest BCUT2D eigenvalue weighted by atomic mass is 10.1. The number of imide groups is 1. The number of ether oxygens (including phenoxy) is 1. The van der Waals surface area contributed by atoms with Crippen molar-refractivity contribution in [3.05, 3.63) is 52.3 Å². The molecule has 1 heterocycles. The Morgan fingerprint density at radius 3 is 2.42 bits per heavy atom. The molecule has 1 aromatic heterocycles. The molecule has 3 amide bonds. The second-order valence-electron chi connectivity index (χ2n) is 8.18. The number of carbonyl (C=O) groups excluding carboxylic acids is 3. The van der Waals surface area contributed by atoms with Gasteiger partial charge in [0.1, 0.15) is 5.56 Å². The van der Waals surface area contributed by atoms with E-state index in [0.29, 0.717) is 23.5 Å². The largest absolute Gasteiger partial charge is 0.449 e. The van der Waals surface area contributed by atoms with Crippen LogP contribution >= 0.6 is 0 Å². The monoisotopic (exact) mass is 426 g/mol. The first-order chi connectivity index (χ1) is 14.7. The number of hydrogen-bond acceptors (Lipinski definition) is 5. The number of benzene rings is 1. The fraction of sp³-hybridized carbons (Fsp3) is 0.478. The molecule has 0 saturated heterocycles. The van der Waals surface area contributed by atoms with Crippen LogP contribution in [-0.2, 0) is 16.1 Å². The van der Waals surface area contributed by atoms with Crippen molar-refractivity contribution in [2.75, 3.05) is 0 Å². The highest BCUT2D eigenvalue weighted by atomic mass is 16.5. The van der Waals surface area contributed by atoms with Crippen LogP contribution in [0.1, 0.15) is 65.5 Å². The van der Waals surface area contributed by atoms with Gasteiger partial charge in [-0.05, 0) is 46.1 Å². The Labute approximate surface area is 182 Å². The van der Waals surface area contributed by atoms with Crippen molar-refractivity contribution < 1.29 is 19.1 Å². The maximum atomic E-state index is 12.7. The van der Waals surface area contributed by atoms with Crippen LogP contribution in [0, 0.1) is 20.8 Å². The highest BCUT2D eigenvalue weighted by molar-refractivity contribution is 5.99. The lowest BCUT2D eigenvalue weighted by Crippen LogP contribution is -2.47. The molecule has 8 heteroatoms. The minimum Gasteiger partial charge on any atom is -0.449 e. The summed E-state index contributed by atoms with van der Waals surface area (Å²) < 4.78 is 7.07. The molecule has 1 aliphatic rings. The lowest BCUT2D eigenvalue weighted by Gasteiger charge is -2.15. The maximum absolute atomic E-state index is 12.7. The van der Waals surface area contributed by atoms with Crippen LogP contribution in [0.2, 0.25) is 0 Å². The molecule has 31 heavy (non-hydrogen) atoms. The zero-order valence-corrected chi connectivity index (χ0v) is 18.5. The number of amides is 3. The first-order valence-corrected chi connectivity index (χ1v) is 10.7. The SMILES string of the molecule is Cc1ccc(Cn2nc(C)c(C(=O)O[C@@H](C)C(=O)NC(=O)NC3CCCC3)c2C)cc1. The molecule has 0 unspecified atom stereocenters. The number of nitrogens with one attached hydrogen (secondary N) is 2. The van der Waals surface area contributed by atoms with Crippen molar-refractivity contribution in [3.8, 4) is 0 Å². The predicted molar refractivity (Wildman–Crippen MR) is 116 cm³/mol. The third kappa shape index (κ3) is 5.71. The van der Waals surface area contributed by atoms with Crippen LogP contribution in [0.3, 0.4) is 0 Å². The average molecular weight is 427 g/mol. The third-order valence-electron chi connectivity index (χ3n) is 5.62. The smallest absolute Gasteiger partial charge is 0.342 e. The van der Waals surface area contributed by atoms with Gasteiger partial charge < -0.3 is 10.1 Å². The average Bonchev–Trinajstić information content (AvgIpc) is 3.31. The standard InChI is InChI=1S/C23H30N4O4/c1-14-9-11-18(12-10-14)13-27-16(3)20(15(2)26-27)22(29)31-17(4)21(28)25-23(30)24-19-7-5-6-8-19/h9-12,17,19H,5-8,13H2,1-4H3,(H2,24,25,28,30)/t17-/m0/s1. The fourth-order valence-corrected chi connectivity index (χ4v) is 3.79. The summed E-state index contributed by atoms with van der Waals surface area (Å²) in [5.41, 5.74) is 3.76. The van der Waals surface area contributed by atoms with Gasteiger partial charge in [-0.25, -0.2) is 9.59 Å². The summed E-state index contributed by atoms with van der Waals surface area (Å²) >= 11 is 0. The van der Waals surface area contributed by atoms with E-state index in [2.05, 4.69) is 15.7 Å². The van der Waals surface area contributed by atoms with Crippen molar-refractivity contribution in [1.82, 2.24) is 20.4 Å². The summed E-state index contributed by atoms with van der Waals surface area (Å²) in [7, 11) is 0. The summed E-state index contributed by atoms with van der Waals surface area (Å²) in [5.74, 6) is -1.30. The van der Waals surface area contributed by atoms with E-state index >= 15 is 0 Å². The van der Waals surface area contributed by atoms with Crippen molar-refractivity contribution in [2.45, 2.75) is 72.1 Å². The predicted octanol–water partition coefficient (Wildman–Crippen LogP) is 3.17. The van der Waals surface area contributed by atoms with Crippen LogP contribution < -0.4 is 10.6 Å². The molecule has 3 rings (SSSR count). The number of hydrogen-bond donors (Lipinski definition) is 2. The van der Waals surface area contributed by atoms with E-state index in [-0.39, 0.29) is 6.04 Å². The minimum atomic E-state index is -1.11. The van der Waals surface area contributed by atoms with E-state index in [9.17, 15) is 14.4 Å². The Bertz CT molecular complexity index is 959. The highest BCUT2D eigenvalue weighted by Gasteiger charge is 2.26. The van der Waals surface area contributed by atoms with E-state index in [4.69, 9.17) is 4.74 Å². The molecule has 1 atom stereocenters. The van der Waals surface area contributed by atoms with Gasteiger partial charge in [0.2, 0.25) is 0 Å². The molecule has 0 radical (unpaired) electrons. The van der Waals surface area contributed by atoms with Crippen LogP contribution in [0.4, 0.5) is 4.79 Å². The molecule has 2 aromatic rings. The number of aromatic nitrogens is 2. The molecule has 8 nitrogen and oxygen atoms in total. The number of nitrogens with zero attached hydrogens (tertiary/aromatic N) is 2. The summed E-state index contributed by atoms with van der Waals surface area (Å²) in [6, 6.07) is 7.63. The Hall–Kier alpha value is -3.16. The van der Waals surface area contributed by atoms with Gasteiger partial charge in [0, 0.05) is 6.04 Å². The zero-order valence-electron chi connectivity index (χ0n) is 18.5. The van der Waals surface area contributed by atoms with Crippen LogP contribution in [0.5, 0.6) is 0 Å². The van der Waals surface area contributed by atoms with E-state index < -0.39 is 24.0 Å². The van der Waals surface area contributed by atoms with Crippen LogP contribution in [-0.4, -0.2) is 39.8 Å². The molecule has 1 aliphatic carbocycles. The van der Waals surface area contributed by atoms with Crippen molar-refractivity contribution in [1.29, 1.82) is 0 Å². The van der Waals surface area contributed by atoms with E-state index in [1.165, 1.54) is 12.5 Å². The van der Waals surface area contributed by atoms with Crippen molar-refractivity contribution in [2.24, 2.45) is 0 Å². The Kier molecular flexibility index (Phi) is 7.09. The summed E-state index contributed by atoms with van der Waals surface area (Å²) in [6.07, 6.45) is 2.86. The molecule has 1 saturated carbocycles. The molecule has 166 valence electrons. The summed E-state index contributed by atoms with van der Waals surface area (Å²) in [4.78, 5) is 37.0. The first-order valence-electron chi connectivity index (χ1n) is 10.7. The second-order valence-corrected chi connectivity index (χ2v) is 8.18. The molecular formula is C23H30N4O4. The molecule has 0 aliphatic heterocycles. The van der Waals surface area contributed by atoms with Gasteiger partial charge >= 0.3 is 12.0 Å². The molecular weight excluding hydrogens is 396 g/mol. The van der Waals surface area contributed by atoms with Crippen molar-refractivity contribution >= 4 is 17.9 Å². The van der Waals surface area contributed by atoms with Crippen LogP contribution in [0.15, 0.2) is 24.3 Å².